The molecule has 3 atom stereocenters. The average molecular weight is 635 g/mol. The Kier molecular flexibility index (Phi) is 9.26. The third kappa shape index (κ3) is 6.71. The third-order valence-corrected chi connectivity index (χ3v) is 9.74. The van der Waals surface area contributed by atoms with Gasteiger partial charge in [0.2, 0.25) is 0 Å². The standard InChI is InChI=1S/C33H38N4O7S/c1-6-21-16(3)31(42)36-26(21)13-24-15(2)22(8-10-29(40)41)27(35-24)14-25-19(7-9-28(38)39)11-20(34-25)12-23-17(4)30-18(5)45-33(43)44-32(30)37-23/h6,11,13,18,23,32,34-35,37H,1,7-10,12,14H2,2-5H3,(H,36,42)(H,38,39)(H,40,41). The minimum atomic E-state index is -0.908. The van der Waals surface area contributed by atoms with E-state index in [-0.39, 0.29) is 35.3 Å². The van der Waals surface area contributed by atoms with E-state index in [2.05, 4.69) is 27.2 Å². The quantitative estimate of drug-likeness (QED) is 0.143. The van der Waals surface area contributed by atoms with Crippen molar-refractivity contribution in [3.05, 3.63) is 86.2 Å². The molecular weight excluding hydrogens is 596 g/mol. The molecule has 0 spiro atoms. The zero-order valence-electron chi connectivity index (χ0n) is 25.8. The maximum absolute atomic E-state index is 12.3. The second kappa shape index (κ2) is 13.0. The highest BCUT2D eigenvalue weighted by atomic mass is 32.2. The number of hydrogen-bond donors (Lipinski definition) is 6. The molecule has 0 radical (unpaired) electrons. The van der Waals surface area contributed by atoms with Crippen LogP contribution in [0.4, 0.5) is 4.79 Å². The Labute approximate surface area is 265 Å². The number of thioether (sulfide) groups is 1. The van der Waals surface area contributed by atoms with Crippen molar-refractivity contribution >= 4 is 41.0 Å². The first-order valence-electron chi connectivity index (χ1n) is 14.9. The Hall–Kier alpha value is -4.29. The van der Waals surface area contributed by atoms with Crippen LogP contribution in [0, 0.1) is 6.92 Å². The summed E-state index contributed by atoms with van der Waals surface area (Å²) in [6.45, 7) is 11.5. The molecule has 1 fully saturated rings. The van der Waals surface area contributed by atoms with Gasteiger partial charge in [0.15, 0.2) is 6.23 Å². The van der Waals surface area contributed by atoms with Crippen molar-refractivity contribution in [1.29, 1.82) is 0 Å². The highest BCUT2D eigenvalue weighted by molar-refractivity contribution is 8.14. The molecule has 3 unspecified atom stereocenters. The second-order valence-electron chi connectivity index (χ2n) is 11.7. The van der Waals surface area contributed by atoms with E-state index in [9.17, 15) is 29.4 Å². The lowest BCUT2D eigenvalue weighted by Gasteiger charge is -2.26. The SMILES string of the molecule is C=CC1=C(C)C(=O)NC1=Cc1[nH]c(Cc2[nH]c(CC3NC4OC(=O)SC(C)C4=C3C)cc2CCC(=O)O)c(CCC(=O)O)c1C. The van der Waals surface area contributed by atoms with E-state index in [0.29, 0.717) is 42.5 Å². The molecule has 5 rings (SSSR count). The summed E-state index contributed by atoms with van der Waals surface area (Å²) >= 11 is 1.17. The molecule has 3 aliphatic rings. The summed E-state index contributed by atoms with van der Waals surface area (Å²) in [5.41, 5.74) is 10.0. The molecule has 5 heterocycles. The van der Waals surface area contributed by atoms with Gasteiger partial charge in [-0.05, 0) is 86.7 Å². The number of carbonyl (C=O) groups is 4. The number of aromatic amines is 2. The van der Waals surface area contributed by atoms with E-state index < -0.39 is 18.2 Å². The molecule has 6 N–H and O–H groups in total. The number of amides is 1. The van der Waals surface area contributed by atoms with Crippen LogP contribution in [0.15, 0.2) is 46.7 Å². The Morgan fingerprint density at radius 2 is 1.78 bits per heavy atom. The first-order valence-corrected chi connectivity index (χ1v) is 15.8. The zero-order chi connectivity index (χ0) is 32.6. The number of aromatic nitrogens is 2. The number of carbonyl (C=O) groups excluding carboxylic acids is 2. The molecule has 45 heavy (non-hydrogen) atoms. The predicted octanol–water partition coefficient (Wildman–Crippen LogP) is 4.68. The van der Waals surface area contributed by atoms with Crippen LogP contribution in [0.25, 0.3) is 6.08 Å². The summed E-state index contributed by atoms with van der Waals surface area (Å²) < 4.78 is 5.53. The number of rotatable bonds is 12. The van der Waals surface area contributed by atoms with Gasteiger partial charge in [-0.2, -0.15) is 0 Å². The van der Waals surface area contributed by atoms with E-state index in [1.807, 2.05) is 32.9 Å². The van der Waals surface area contributed by atoms with Gasteiger partial charge in [0.05, 0.1) is 5.70 Å². The molecule has 238 valence electrons. The normalized spacial score (nSPS) is 22.2. The van der Waals surface area contributed by atoms with Crippen molar-refractivity contribution in [3.8, 4) is 0 Å². The number of carboxylic acid groups (broad SMARTS) is 2. The monoisotopic (exact) mass is 634 g/mol. The smallest absolute Gasteiger partial charge is 0.369 e. The van der Waals surface area contributed by atoms with Gasteiger partial charge >= 0.3 is 17.2 Å². The number of carboxylic acids is 2. The minimum Gasteiger partial charge on any atom is -0.481 e. The summed E-state index contributed by atoms with van der Waals surface area (Å²) in [5.74, 6) is -2.00. The summed E-state index contributed by atoms with van der Waals surface area (Å²) in [5, 5.41) is 24.9. The minimum absolute atomic E-state index is 0.0168. The van der Waals surface area contributed by atoms with E-state index in [4.69, 9.17) is 4.74 Å². The van der Waals surface area contributed by atoms with Gasteiger partial charge < -0.3 is 30.2 Å². The van der Waals surface area contributed by atoms with Gasteiger partial charge in [0.25, 0.3) is 5.91 Å². The van der Waals surface area contributed by atoms with Gasteiger partial charge in [0, 0.05) is 70.9 Å². The van der Waals surface area contributed by atoms with Crippen LogP contribution in [0.5, 0.6) is 0 Å². The van der Waals surface area contributed by atoms with Gasteiger partial charge in [-0.1, -0.05) is 18.2 Å². The van der Waals surface area contributed by atoms with E-state index >= 15 is 0 Å². The number of aliphatic carboxylic acids is 2. The van der Waals surface area contributed by atoms with Gasteiger partial charge in [-0.25, -0.2) is 4.79 Å². The summed E-state index contributed by atoms with van der Waals surface area (Å²) in [7, 11) is 0. The molecule has 12 heteroatoms. The number of H-pyrrole nitrogens is 2. The summed E-state index contributed by atoms with van der Waals surface area (Å²) in [6, 6.07) is 1.93. The number of fused-ring (bicyclic) bond motifs is 1. The lowest BCUT2D eigenvalue weighted by atomic mass is 9.99. The van der Waals surface area contributed by atoms with Crippen LogP contribution in [0.1, 0.15) is 73.1 Å². The van der Waals surface area contributed by atoms with Crippen LogP contribution < -0.4 is 10.6 Å². The first-order chi connectivity index (χ1) is 21.4. The Balaban J connectivity index is 1.47. The highest BCUT2D eigenvalue weighted by Crippen LogP contribution is 2.38. The van der Waals surface area contributed by atoms with E-state index in [0.717, 1.165) is 50.6 Å². The van der Waals surface area contributed by atoms with E-state index in [1.54, 1.807) is 13.0 Å². The largest absolute Gasteiger partial charge is 0.481 e. The van der Waals surface area contributed by atoms with Crippen LogP contribution in [0.3, 0.4) is 0 Å². The van der Waals surface area contributed by atoms with Gasteiger partial charge in [-0.3, -0.25) is 19.7 Å². The fraction of sp³-hybridized carbons (Fsp3) is 0.394. The molecule has 11 nitrogen and oxygen atoms in total. The molecule has 0 saturated carbocycles. The zero-order valence-corrected chi connectivity index (χ0v) is 26.6. The van der Waals surface area contributed by atoms with Gasteiger partial charge in [0.1, 0.15) is 0 Å². The number of allylic oxidation sites excluding steroid dienone is 1. The molecule has 3 aliphatic heterocycles. The van der Waals surface area contributed by atoms with Crippen molar-refractivity contribution in [3.63, 3.8) is 0 Å². The second-order valence-corrected chi connectivity index (χ2v) is 13.0. The molecule has 1 amide bonds. The molecular formula is C33H38N4O7S. The molecule has 0 bridgehead atoms. The fourth-order valence-electron chi connectivity index (χ4n) is 6.43. The van der Waals surface area contributed by atoms with Crippen LogP contribution in [-0.4, -0.2) is 60.8 Å². The van der Waals surface area contributed by atoms with Crippen LogP contribution >= 0.6 is 11.8 Å². The molecule has 0 aromatic carbocycles. The summed E-state index contributed by atoms with van der Waals surface area (Å²) in [4.78, 5) is 54.3. The average Bonchev–Trinajstić information content (AvgIpc) is 3.65. The third-order valence-electron chi connectivity index (χ3n) is 8.84. The van der Waals surface area contributed by atoms with Crippen LogP contribution in [0.2, 0.25) is 0 Å². The number of aryl methyl sites for hydroxylation is 1. The van der Waals surface area contributed by atoms with Gasteiger partial charge in [-0.15, -0.1) is 0 Å². The van der Waals surface area contributed by atoms with Crippen molar-refractivity contribution in [1.82, 2.24) is 20.6 Å². The highest BCUT2D eigenvalue weighted by Gasteiger charge is 2.40. The first kappa shape index (κ1) is 32.1. The topological polar surface area (TPSA) is 174 Å². The Morgan fingerprint density at radius 3 is 2.47 bits per heavy atom. The Morgan fingerprint density at radius 1 is 1.07 bits per heavy atom. The van der Waals surface area contributed by atoms with Crippen LogP contribution in [-0.2, 0) is 44.8 Å². The molecule has 0 aliphatic carbocycles. The maximum atomic E-state index is 12.3. The summed E-state index contributed by atoms with van der Waals surface area (Å²) in [6.07, 6.45) is 4.55. The number of ether oxygens (including phenoxy) is 1. The number of nitrogens with one attached hydrogen (secondary N) is 4. The maximum Gasteiger partial charge on any atom is 0.369 e. The molecule has 2 aromatic heterocycles. The lowest BCUT2D eigenvalue weighted by Crippen LogP contribution is -2.40. The van der Waals surface area contributed by atoms with Crippen molar-refractivity contribution in [2.45, 2.75) is 83.7 Å². The predicted molar refractivity (Wildman–Crippen MR) is 171 cm³/mol. The van der Waals surface area contributed by atoms with E-state index in [1.165, 1.54) is 11.8 Å². The molecule has 2 aromatic rings. The van der Waals surface area contributed by atoms with Crippen molar-refractivity contribution < 1.29 is 34.1 Å². The number of hydrogen-bond acceptors (Lipinski definition) is 7. The van der Waals surface area contributed by atoms with Crippen molar-refractivity contribution in [2.75, 3.05) is 0 Å². The van der Waals surface area contributed by atoms with Crippen molar-refractivity contribution in [2.24, 2.45) is 0 Å². The fourth-order valence-corrected chi connectivity index (χ4v) is 7.31. The lowest BCUT2D eigenvalue weighted by molar-refractivity contribution is -0.138. The molecule has 1 saturated heterocycles. The Bertz CT molecular complexity index is 1690.